The molecule has 1 aromatic carbocycles. The monoisotopic (exact) mass is 428 g/mol. The second-order valence-electron chi connectivity index (χ2n) is 7.16. The van der Waals surface area contributed by atoms with E-state index in [1.807, 2.05) is 48.5 Å². The van der Waals surface area contributed by atoms with Gasteiger partial charge < -0.3 is 8.83 Å². The summed E-state index contributed by atoms with van der Waals surface area (Å²) in [5.41, 5.74) is 2.22. The highest BCUT2D eigenvalue weighted by Crippen LogP contribution is 2.37. The minimum absolute atomic E-state index is 0.000106. The fraction of sp³-hybridized carbons (Fsp3) is 0.125. The van der Waals surface area contributed by atoms with Gasteiger partial charge in [-0.15, -0.1) is 11.3 Å². The number of furan rings is 2. The fourth-order valence-electron chi connectivity index (χ4n) is 3.71. The first kappa shape index (κ1) is 19.1. The number of para-hydroxylation sites is 1. The summed E-state index contributed by atoms with van der Waals surface area (Å²) in [5, 5.41) is 10.4. The van der Waals surface area contributed by atoms with Crippen LogP contribution in [0.25, 0.3) is 38.8 Å². The smallest absolute Gasteiger partial charge is 0.271 e. The Bertz CT molecular complexity index is 1420. The van der Waals surface area contributed by atoms with Gasteiger partial charge >= 0.3 is 0 Å². The minimum Gasteiger partial charge on any atom is -0.453 e. The zero-order valence-corrected chi connectivity index (χ0v) is 17.6. The van der Waals surface area contributed by atoms with E-state index < -0.39 is 11.8 Å². The first-order valence-electron chi connectivity index (χ1n) is 9.71. The summed E-state index contributed by atoms with van der Waals surface area (Å²) in [7, 11) is 0. The fourth-order valence-corrected chi connectivity index (χ4v) is 4.67. The van der Waals surface area contributed by atoms with Crippen LogP contribution in [0.2, 0.25) is 0 Å². The molecule has 0 aliphatic carbocycles. The quantitative estimate of drug-likeness (QED) is 0.317. The van der Waals surface area contributed by atoms with Gasteiger partial charge in [0.25, 0.3) is 11.8 Å². The molecule has 3 aromatic heterocycles. The van der Waals surface area contributed by atoms with Gasteiger partial charge in [-0.25, -0.2) is 0 Å². The van der Waals surface area contributed by atoms with Gasteiger partial charge in [-0.3, -0.25) is 14.5 Å². The lowest BCUT2D eigenvalue weighted by Crippen LogP contribution is -2.42. The summed E-state index contributed by atoms with van der Waals surface area (Å²) in [6, 6.07) is 15.4. The molecule has 0 N–H and O–H groups in total. The second-order valence-corrected chi connectivity index (χ2v) is 8.28. The maximum Gasteiger partial charge on any atom is 0.271 e. The predicted octanol–water partition coefficient (Wildman–Crippen LogP) is 5.52. The average molecular weight is 428 g/mol. The van der Waals surface area contributed by atoms with Crippen LogP contribution in [-0.2, 0) is 9.59 Å². The number of carbonyl (C=O) groups is 2. The number of hydrogen-bond donors (Lipinski definition) is 0. The maximum atomic E-state index is 12.8. The highest BCUT2D eigenvalue weighted by molar-refractivity contribution is 7.19. The summed E-state index contributed by atoms with van der Waals surface area (Å²) in [6.45, 7) is 3.55. The molecule has 1 aliphatic heterocycles. The van der Waals surface area contributed by atoms with E-state index in [0.717, 1.165) is 25.4 Å². The molecule has 0 unspecified atom stereocenters. The number of hydrogen-bond acceptors (Lipinski definition) is 6. The van der Waals surface area contributed by atoms with Crippen LogP contribution in [0.15, 0.2) is 68.0 Å². The van der Waals surface area contributed by atoms with E-state index in [2.05, 4.69) is 0 Å². The molecule has 1 aliphatic rings. The highest BCUT2D eigenvalue weighted by Gasteiger charge is 2.34. The standard InChI is InChI=1S/C24H16N2O4S/c1-3-26-23(27)16(13(2)17(12-25)24(26)28)9-15-10-21-22(31-15)11-20(30-21)19-8-14-6-4-5-7-18(14)29-19/h4-11H,3H2,1-2H3/b16-9-. The number of nitriles is 1. The van der Waals surface area contributed by atoms with Crippen molar-refractivity contribution in [2.24, 2.45) is 0 Å². The van der Waals surface area contributed by atoms with Gasteiger partial charge in [0.2, 0.25) is 0 Å². The number of fused-ring (bicyclic) bond motifs is 2. The van der Waals surface area contributed by atoms with Crippen molar-refractivity contribution in [1.29, 1.82) is 5.26 Å². The van der Waals surface area contributed by atoms with Crippen LogP contribution in [0.3, 0.4) is 0 Å². The molecule has 152 valence electrons. The molecular weight excluding hydrogens is 412 g/mol. The van der Waals surface area contributed by atoms with Crippen LogP contribution in [-0.4, -0.2) is 23.3 Å². The molecule has 0 bridgehead atoms. The zero-order valence-electron chi connectivity index (χ0n) is 16.8. The number of likely N-dealkylation sites (N-methyl/N-ethyl adjacent to an activating group) is 1. The van der Waals surface area contributed by atoms with E-state index in [-0.39, 0.29) is 12.1 Å². The third kappa shape index (κ3) is 3.00. The molecule has 2 amide bonds. The molecule has 4 aromatic rings. The highest BCUT2D eigenvalue weighted by atomic mass is 32.1. The Hall–Kier alpha value is -3.89. The van der Waals surface area contributed by atoms with Gasteiger partial charge in [0.05, 0.1) is 4.70 Å². The van der Waals surface area contributed by atoms with E-state index in [9.17, 15) is 14.9 Å². The minimum atomic E-state index is -0.542. The Morgan fingerprint density at radius 1 is 1.06 bits per heavy atom. The molecule has 4 heterocycles. The van der Waals surface area contributed by atoms with Crippen molar-refractivity contribution in [1.82, 2.24) is 4.90 Å². The van der Waals surface area contributed by atoms with E-state index in [0.29, 0.717) is 28.2 Å². The number of amides is 2. The Morgan fingerprint density at radius 2 is 1.81 bits per heavy atom. The van der Waals surface area contributed by atoms with Crippen LogP contribution in [0.5, 0.6) is 0 Å². The first-order valence-corrected chi connectivity index (χ1v) is 10.5. The largest absolute Gasteiger partial charge is 0.453 e. The zero-order chi connectivity index (χ0) is 21.7. The topological polar surface area (TPSA) is 87.4 Å². The molecule has 31 heavy (non-hydrogen) atoms. The lowest BCUT2D eigenvalue weighted by molar-refractivity contribution is -0.140. The molecule has 5 rings (SSSR count). The van der Waals surface area contributed by atoms with Crippen LogP contribution in [0.4, 0.5) is 0 Å². The van der Waals surface area contributed by atoms with E-state index >= 15 is 0 Å². The third-order valence-electron chi connectivity index (χ3n) is 5.32. The molecule has 0 saturated heterocycles. The van der Waals surface area contributed by atoms with Crippen LogP contribution < -0.4 is 0 Å². The van der Waals surface area contributed by atoms with Crippen LogP contribution in [0, 0.1) is 11.3 Å². The van der Waals surface area contributed by atoms with Crippen LogP contribution in [0.1, 0.15) is 18.7 Å². The summed E-state index contributed by atoms with van der Waals surface area (Å²) in [6.07, 6.45) is 1.71. The van der Waals surface area contributed by atoms with Gasteiger partial charge in [-0.1, -0.05) is 18.2 Å². The SMILES string of the molecule is CCN1C(=O)C(C#N)=C(C)/C(=C/c2cc3oc(-c4cc5ccccc5o4)cc3s2)C1=O. The molecule has 0 spiro atoms. The van der Waals surface area contributed by atoms with Crippen molar-refractivity contribution in [3.8, 4) is 17.6 Å². The molecule has 7 heteroatoms. The first-order chi connectivity index (χ1) is 15.0. The molecule has 0 saturated carbocycles. The summed E-state index contributed by atoms with van der Waals surface area (Å²) in [4.78, 5) is 27.0. The normalized spacial score (nSPS) is 16.2. The van der Waals surface area contributed by atoms with Gasteiger partial charge in [-0.2, -0.15) is 5.26 Å². The van der Waals surface area contributed by atoms with E-state index in [4.69, 9.17) is 8.83 Å². The number of imide groups is 1. The Balaban J connectivity index is 1.54. The van der Waals surface area contributed by atoms with Crippen molar-refractivity contribution in [2.75, 3.05) is 6.54 Å². The average Bonchev–Trinajstić information content (AvgIpc) is 3.44. The van der Waals surface area contributed by atoms with Gasteiger partial charge in [0.1, 0.15) is 22.8 Å². The number of thiophene rings is 1. The van der Waals surface area contributed by atoms with Crippen molar-refractivity contribution in [3.63, 3.8) is 0 Å². The number of nitrogens with zero attached hydrogens (tertiary/aromatic N) is 2. The van der Waals surface area contributed by atoms with Gasteiger partial charge in [0.15, 0.2) is 11.5 Å². The van der Waals surface area contributed by atoms with Crippen molar-refractivity contribution < 1.29 is 18.4 Å². The molecule has 6 nitrogen and oxygen atoms in total. The summed E-state index contributed by atoms with van der Waals surface area (Å²) in [5.74, 6) is 0.356. The Kier molecular flexibility index (Phi) is 4.38. The molecule has 0 fully saturated rings. The van der Waals surface area contributed by atoms with Crippen molar-refractivity contribution in [3.05, 3.63) is 64.1 Å². The van der Waals surface area contributed by atoms with Crippen LogP contribution >= 0.6 is 11.3 Å². The predicted molar refractivity (Wildman–Crippen MR) is 118 cm³/mol. The second kappa shape index (κ2) is 7.11. The molecular formula is C24H16N2O4S. The van der Waals surface area contributed by atoms with Crippen molar-refractivity contribution >= 4 is 50.5 Å². The Labute approximate surface area is 181 Å². The van der Waals surface area contributed by atoms with E-state index in [1.54, 1.807) is 19.9 Å². The maximum absolute atomic E-state index is 12.8. The summed E-state index contributed by atoms with van der Waals surface area (Å²) < 4.78 is 12.8. The van der Waals surface area contributed by atoms with Crippen molar-refractivity contribution in [2.45, 2.75) is 13.8 Å². The van der Waals surface area contributed by atoms with Gasteiger partial charge in [0, 0.05) is 28.4 Å². The lowest BCUT2D eigenvalue weighted by atomic mass is 9.95. The number of benzene rings is 1. The Morgan fingerprint density at radius 3 is 2.52 bits per heavy atom. The molecule has 0 radical (unpaired) electrons. The lowest BCUT2D eigenvalue weighted by Gasteiger charge is -2.26. The number of carbonyl (C=O) groups excluding carboxylic acids is 2. The molecule has 0 atom stereocenters. The van der Waals surface area contributed by atoms with E-state index in [1.165, 1.54) is 11.3 Å². The third-order valence-corrected chi connectivity index (χ3v) is 6.33. The number of rotatable bonds is 3. The van der Waals surface area contributed by atoms with Gasteiger partial charge in [-0.05, 0) is 43.7 Å². The summed E-state index contributed by atoms with van der Waals surface area (Å²) >= 11 is 1.46.